The van der Waals surface area contributed by atoms with Crippen LogP contribution in [0.5, 0.6) is 0 Å². The molecule has 94 valence electrons. The second-order valence-electron chi connectivity index (χ2n) is 3.75. The molecule has 1 saturated heterocycles. The normalized spacial score (nSPS) is 32.9. The molecule has 0 saturated carbocycles. The maximum atomic E-state index is 11.0. The molecule has 0 bridgehead atoms. The zero-order valence-corrected chi connectivity index (χ0v) is 9.50. The van der Waals surface area contributed by atoms with Gasteiger partial charge in [0.2, 0.25) is 0 Å². The number of nitrogens with one attached hydrogen (secondary N) is 1. The lowest BCUT2D eigenvalue weighted by Crippen LogP contribution is -2.33. The molecule has 1 fully saturated rings. The Kier molecular flexibility index (Phi) is 3.40. The van der Waals surface area contributed by atoms with Crippen LogP contribution >= 0.6 is 12.2 Å². The van der Waals surface area contributed by atoms with E-state index in [0.29, 0.717) is 0 Å². The van der Waals surface area contributed by atoms with Crippen molar-refractivity contribution in [1.29, 1.82) is 0 Å². The van der Waals surface area contributed by atoms with Gasteiger partial charge in [-0.1, -0.05) is 0 Å². The van der Waals surface area contributed by atoms with Gasteiger partial charge in [-0.2, -0.15) is 0 Å². The van der Waals surface area contributed by atoms with Crippen molar-refractivity contribution in [3.05, 3.63) is 27.4 Å². The summed E-state index contributed by atoms with van der Waals surface area (Å²) < 4.78 is 6.66. The molecule has 0 amide bonds. The van der Waals surface area contributed by atoms with Gasteiger partial charge in [0.1, 0.15) is 18.3 Å². The van der Waals surface area contributed by atoms with Crippen LogP contribution in [0.15, 0.2) is 17.1 Å². The lowest BCUT2D eigenvalue weighted by molar-refractivity contribution is -0.0541. The van der Waals surface area contributed by atoms with Crippen molar-refractivity contribution >= 4 is 12.2 Å². The largest absolute Gasteiger partial charge is 0.394 e. The van der Waals surface area contributed by atoms with Gasteiger partial charge >= 0.3 is 0 Å². The van der Waals surface area contributed by atoms with Gasteiger partial charge in [-0.15, -0.1) is 0 Å². The quantitative estimate of drug-likeness (QED) is 0.483. The van der Waals surface area contributed by atoms with Crippen molar-refractivity contribution in [1.82, 2.24) is 9.55 Å². The maximum absolute atomic E-state index is 11.0. The van der Waals surface area contributed by atoms with Crippen molar-refractivity contribution in [2.24, 2.45) is 0 Å². The summed E-state index contributed by atoms with van der Waals surface area (Å²) in [6, 6.07) is 1.23. The van der Waals surface area contributed by atoms with Crippen LogP contribution in [0.3, 0.4) is 0 Å². The Labute approximate surface area is 101 Å². The molecular formula is C9H12N2O5S. The molecule has 0 aromatic carbocycles. The third-order valence-electron chi connectivity index (χ3n) is 2.64. The molecular weight excluding hydrogens is 248 g/mol. The standard InChI is InChI=1S/C9H12N2O5S/c12-3-4-6(14)7(15)8(16-4)11-2-1-5(13)10-9(11)17/h1-2,4,6-8,12,14-15H,3H2,(H,10,13,17)/t4-,6-,7+,8+/m1/s1. The van der Waals surface area contributed by atoms with E-state index in [1.54, 1.807) is 0 Å². The van der Waals surface area contributed by atoms with Crippen LogP contribution < -0.4 is 5.56 Å². The second-order valence-corrected chi connectivity index (χ2v) is 4.13. The molecule has 0 radical (unpaired) electrons. The number of aromatic amines is 1. The molecule has 4 atom stereocenters. The monoisotopic (exact) mass is 260 g/mol. The molecule has 1 aromatic heterocycles. The van der Waals surface area contributed by atoms with Crippen molar-refractivity contribution in [3.8, 4) is 0 Å². The fourth-order valence-corrected chi connectivity index (χ4v) is 2.00. The maximum Gasteiger partial charge on any atom is 0.251 e. The van der Waals surface area contributed by atoms with Gasteiger partial charge in [0.25, 0.3) is 5.56 Å². The highest BCUT2D eigenvalue weighted by Gasteiger charge is 2.43. The van der Waals surface area contributed by atoms with E-state index in [0.717, 1.165) is 0 Å². The fourth-order valence-electron chi connectivity index (χ4n) is 1.74. The Morgan fingerprint density at radius 1 is 1.47 bits per heavy atom. The van der Waals surface area contributed by atoms with Gasteiger partial charge in [0.15, 0.2) is 11.0 Å². The number of aliphatic hydroxyl groups excluding tert-OH is 3. The van der Waals surface area contributed by atoms with Crippen LogP contribution in [-0.2, 0) is 4.74 Å². The minimum absolute atomic E-state index is 0.0762. The molecule has 7 nitrogen and oxygen atoms in total. The topological polar surface area (TPSA) is 108 Å². The molecule has 1 aromatic rings. The number of nitrogens with zero attached hydrogens (tertiary/aromatic N) is 1. The Morgan fingerprint density at radius 2 is 2.18 bits per heavy atom. The second kappa shape index (κ2) is 4.67. The number of hydrogen-bond acceptors (Lipinski definition) is 6. The Morgan fingerprint density at radius 3 is 2.71 bits per heavy atom. The average Bonchev–Trinajstić information content (AvgIpc) is 2.57. The van der Waals surface area contributed by atoms with E-state index in [2.05, 4.69) is 4.98 Å². The molecule has 1 aliphatic heterocycles. The van der Waals surface area contributed by atoms with Gasteiger partial charge < -0.3 is 20.1 Å². The van der Waals surface area contributed by atoms with Gasteiger partial charge in [0, 0.05) is 12.3 Å². The highest BCUT2D eigenvalue weighted by molar-refractivity contribution is 7.71. The van der Waals surface area contributed by atoms with Gasteiger partial charge in [0.05, 0.1) is 6.61 Å². The first-order valence-electron chi connectivity index (χ1n) is 4.98. The highest BCUT2D eigenvalue weighted by Crippen LogP contribution is 2.28. The molecule has 4 N–H and O–H groups in total. The molecule has 0 spiro atoms. The van der Waals surface area contributed by atoms with E-state index in [9.17, 15) is 15.0 Å². The first kappa shape index (κ1) is 12.4. The summed E-state index contributed by atoms with van der Waals surface area (Å²) in [5, 5.41) is 28.3. The molecule has 0 aliphatic carbocycles. The summed E-state index contributed by atoms with van der Waals surface area (Å²) in [4.78, 5) is 13.4. The van der Waals surface area contributed by atoms with Crippen LogP contribution in [0.25, 0.3) is 0 Å². The lowest BCUT2D eigenvalue weighted by Gasteiger charge is -2.17. The van der Waals surface area contributed by atoms with E-state index < -0.39 is 31.1 Å². The molecule has 2 rings (SSSR count). The first-order chi connectivity index (χ1) is 8.04. The van der Waals surface area contributed by atoms with Crippen LogP contribution in [0.4, 0.5) is 0 Å². The predicted molar refractivity (Wildman–Crippen MR) is 58.9 cm³/mol. The summed E-state index contributed by atoms with van der Waals surface area (Å²) in [6.45, 7) is -0.411. The van der Waals surface area contributed by atoms with Crippen LogP contribution in [0.2, 0.25) is 0 Å². The highest BCUT2D eigenvalue weighted by atomic mass is 32.1. The SMILES string of the molecule is O=c1ccn([C@H]2O[C@H](CO)[C@@H](O)[C@@H]2O)c(=S)[nH]1. The number of hydrogen-bond donors (Lipinski definition) is 4. The molecule has 17 heavy (non-hydrogen) atoms. The Bertz CT molecular complexity index is 513. The van der Waals surface area contributed by atoms with Crippen LogP contribution in [0.1, 0.15) is 6.23 Å². The van der Waals surface area contributed by atoms with E-state index in [-0.39, 0.29) is 10.3 Å². The predicted octanol–water partition coefficient (Wildman–Crippen LogP) is -1.48. The van der Waals surface area contributed by atoms with Crippen molar-refractivity contribution in [2.75, 3.05) is 6.61 Å². The summed E-state index contributed by atoms with van der Waals surface area (Å²) >= 11 is 4.91. The third-order valence-corrected chi connectivity index (χ3v) is 2.96. The minimum atomic E-state index is -1.22. The van der Waals surface area contributed by atoms with E-state index in [4.69, 9.17) is 22.1 Å². The van der Waals surface area contributed by atoms with Crippen molar-refractivity contribution in [2.45, 2.75) is 24.5 Å². The Balaban J connectivity index is 2.35. The van der Waals surface area contributed by atoms with Crippen LogP contribution in [-0.4, -0.2) is 49.8 Å². The summed E-state index contributed by atoms with van der Waals surface area (Å²) in [5.41, 5.74) is -0.363. The lowest BCUT2D eigenvalue weighted by atomic mass is 10.1. The number of H-pyrrole nitrogens is 1. The smallest absolute Gasteiger partial charge is 0.251 e. The average molecular weight is 260 g/mol. The van der Waals surface area contributed by atoms with E-state index in [1.807, 2.05) is 0 Å². The molecule has 8 heteroatoms. The van der Waals surface area contributed by atoms with Crippen LogP contribution in [0, 0.1) is 4.77 Å². The minimum Gasteiger partial charge on any atom is -0.394 e. The Hall–Kier alpha value is -1.06. The zero-order chi connectivity index (χ0) is 12.6. The molecule has 1 aliphatic rings. The van der Waals surface area contributed by atoms with Gasteiger partial charge in [-0.05, 0) is 12.2 Å². The molecule has 2 heterocycles. The summed E-state index contributed by atoms with van der Waals surface area (Å²) in [5.74, 6) is 0. The number of ether oxygens (including phenoxy) is 1. The van der Waals surface area contributed by atoms with Crippen molar-refractivity contribution in [3.63, 3.8) is 0 Å². The summed E-state index contributed by atoms with van der Waals surface area (Å²) in [6.07, 6.45) is -2.85. The summed E-state index contributed by atoms with van der Waals surface area (Å²) in [7, 11) is 0. The van der Waals surface area contributed by atoms with Crippen molar-refractivity contribution < 1.29 is 20.1 Å². The molecule has 0 unspecified atom stereocenters. The zero-order valence-electron chi connectivity index (χ0n) is 8.68. The first-order valence-corrected chi connectivity index (χ1v) is 5.39. The van der Waals surface area contributed by atoms with Gasteiger partial charge in [-0.25, -0.2) is 0 Å². The number of aromatic nitrogens is 2. The number of rotatable bonds is 2. The van der Waals surface area contributed by atoms with Gasteiger partial charge in [-0.3, -0.25) is 14.3 Å². The van der Waals surface area contributed by atoms with E-state index in [1.165, 1.54) is 16.8 Å². The van der Waals surface area contributed by atoms with E-state index >= 15 is 0 Å². The fraction of sp³-hybridized carbons (Fsp3) is 0.556. The third kappa shape index (κ3) is 2.17. The number of aliphatic hydroxyl groups is 3.